The Kier molecular flexibility index (Phi) is 7.73. The number of hydrogen-bond acceptors (Lipinski definition) is 4. The van der Waals surface area contributed by atoms with Crippen LogP contribution in [-0.4, -0.2) is 57.7 Å². The van der Waals surface area contributed by atoms with E-state index in [0.29, 0.717) is 23.7 Å². The van der Waals surface area contributed by atoms with E-state index < -0.39 is 16.1 Å². The molecule has 0 radical (unpaired) electrons. The average Bonchev–Trinajstić information content (AvgIpc) is 2.60. The first-order valence-electron chi connectivity index (χ1n) is 9.08. The summed E-state index contributed by atoms with van der Waals surface area (Å²) in [6.45, 7) is 5.25. The van der Waals surface area contributed by atoms with Gasteiger partial charge >= 0.3 is 0 Å². The molecule has 26 heavy (non-hydrogen) atoms. The molecule has 0 spiro atoms. The van der Waals surface area contributed by atoms with Crippen molar-refractivity contribution >= 4 is 33.2 Å². The lowest BCUT2D eigenvalue weighted by Gasteiger charge is -2.31. The summed E-state index contributed by atoms with van der Waals surface area (Å²) in [6.07, 6.45) is 5.16. The molecule has 1 aliphatic rings. The number of piperidine rings is 1. The number of carbonyl (C=O) groups excluding carboxylic acids is 1. The second kappa shape index (κ2) is 9.58. The maximum absolute atomic E-state index is 12.7. The maximum atomic E-state index is 12.7. The van der Waals surface area contributed by atoms with Crippen molar-refractivity contribution < 1.29 is 13.2 Å². The van der Waals surface area contributed by atoms with Crippen molar-refractivity contribution in [1.82, 2.24) is 10.2 Å². The minimum Gasteiger partial charge on any atom is -0.353 e. The number of nitrogens with zero attached hydrogens (tertiary/aromatic N) is 2. The third-order valence-electron chi connectivity index (χ3n) is 4.59. The standard InChI is InChI=1S/C18H28ClN3O3S/c1-3-17(18(23)20-11-14-21-12-5-4-6-13-21)22(26(2,24)25)16-9-7-15(19)8-10-16/h7-10,17H,3-6,11-14H2,1-2H3,(H,20,23)/t17-/m1/s1. The second-order valence-corrected chi connectivity index (χ2v) is 8.95. The Labute approximate surface area is 161 Å². The number of carbonyl (C=O) groups is 1. The zero-order valence-electron chi connectivity index (χ0n) is 15.4. The first kappa shape index (κ1) is 21.0. The summed E-state index contributed by atoms with van der Waals surface area (Å²) in [7, 11) is -3.61. The van der Waals surface area contributed by atoms with E-state index in [4.69, 9.17) is 11.6 Å². The quantitative estimate of drug-likeness (QED) is 0.726. The highest BCUT2D eigenvalue weighted by Crippen LogP contribution is 2.24. The van der Waals surface area contributed by atoms with Gasteiger partial charge in [-0.1, -0.05) is 24.9 Å². The van der Waals surface area contributed by atoms with Gasteiger partial charge in [0.15, 0.2) is 0 Å². The lowest BCUT2D eigenvalue weighted by atomic mass is 10.1. The van der Waals surface area contributed by atoms with Crippen LogP contribution in [0.15, 0.2) is 24.3 Å². The molecular weight excluding hydrogens is 374 g/mol. The van der Waals surface area contributed by atoms with Crippen LogP contribution in [0.3, 0.4) is 0 Å². The van der Waals surface area contributed by atoms with Crippen LogP contribution >= 0.6 is 11.6 Å². The molecule has 1 heterocycles. The van der Waals surface area contributed by atoms with Crippen LogP contribution in [0, 0.1) is 0 Å². The van der Waals surface area contributed by atoms with Crippen molar-refractivity contribution in [1.29, 1.82) is 0 Å². The molecular formula is C18H28ClN3O3S. The molecule has 8 heteroatoms. The van der Waals surface area contributed by atoms with Crippen LogP contribution in [-0.2, 0) is 14.8 Å². The molecule has 146 valence electrons. The van der Waals surface area contributed by atoms with Crippen molar-refractivity contribution in [2.75, 3.05) is 36.7 Å². The number of likely N-dealkylation sites (tertiary alicyclic amines) is 1. The summed E-state index contributed by atoms with van der Waals surface area (Å²) in [5.74, 6) is -0.273. The number of benzene rings is 1. The minimum atomic E-state index is -3.61. The van der Waals surface area contributed by atoms with Gasteiger partial charge in [-0.3, -0.25) is 9.10 Å². The second-order valence-electron chi connectivity index (χ2n) is 6.65. The number of anilines is 1. The first-order valence-corrected chi connectivity index (χ1v) is 11.3. The van der Waals surface area contributed by atoms with E-state index in [1.807, 2.05) is 6.92 Å². The number of rotatable bonds is 8. The van der Waals surface area contributed by atoms with Gasteiger partial charge in [-0.25, -0.2) is 8.42 Å². The molecule has 0 unspecified atom stereocenters. The lowest BCUT2D eigenvalue weighted by Crippen LogP contribution is -2.50. The molecule has 6 nitrogen and oxygen atoms in total. The highest BCUT2D eigenvalue weighted by atomic mass is 35.5. The Balaban J connectivity index is 2.06. The Morgan fingerprint density at radius 2 is 1.85 bits per heavy atom. The Bertz CT molecular complexity index is 688. The SMILES string of the molecule is CC[C@H](C(=O)NCCN1CCCCC1)N(c1ccc(Cl)cc1)S(C)(=O)=O. The van der Waals surface area contributed by atoms with Crippen molar-refractivity contribution in [3.05, 3.63) is 29.3 Å². The smallest absolute Gasteiger partial charge is 0.243 e. The molecule has 1 aromatic rings. The summed E-state index contributed by atoms with van der Waals surface area (Å²) in [5, 5.41) is 3.42. The molecule has 1 amide bonds. The van der Waals surface area contributed by atoms with Crippen molar-refractivity contribution in [3.8, 4) is 0 Å². The Hall–Kier alpha value is -1.31. The highest BCUT2D eigenvalue weighted by molar-refractivity contribution is 7.92. The van der Waals surface area contributed by atoms with Crippen molar-refractivity contribution in [2.45, 2.75) is 38.6 Å². The molecule has 1 saturated heterocycles. The first-order chi connectivity index (χ1) is 12.3. The summed E-state index contributed by atoms with van der Waals surface area (Å²) in [5.41, 5.74) is 0.440. The van der Waals surface area contributed by atoms with E-state index in [1.54, 1.807) is 24.3 Å². The van der Waals surface area contributed by atoms with Crippen LogP contribution in [0.4, 0.5) is 5.69 Å². The van der Waals surface area contributed by atoms with Crippen molar-refractivity contribution in [3.63, 3.8) is 0 Å². The van der Waals surface area contributed by atoms with Gasteiger partial charge in [0.1, 0.15) is 6.04 Å². The number of nitrogens with one attached hydrogen (secondary N) is 1. The van der Waals surface area contributed by atoms with Crippen molar-refractivity contribution in [2.24, 2.45) is 0 Å². The van der Waals surface area contributed by atoms with Crippen LogP contribution < -0.4 is 9.62 Å². The molecule has 0 aromatic heterocycles. The van der Waals surface area contributed by atoms with E-state index in [1.165, 1.54) is 23.6 Å². The molecule has 1 N–H and O–H groups in total. The highest BCUT2D eigenvalue weighted by Gasteiger charge is 2.31. The largest absolute Gasteiger partial charge is 0.353 e. The molecule has 1 aliphatic heterocycles. The maximum Gasteiger partial charge on any atom is 0.243 e. The zero-order valence-corrected chi connectivity index (χ0v) is 17.0. The summed E-state index contributed by atoms with van der Waals surface area (Å²) in [6, 6.07) is 5.69. The number of sulfonamides is 1. The fourth-order valence-electron chi connectivity index (χ4n) is 3.29. The van der Waals surface area contributed by atoms with E-state index in [0.717, 1.165) is 25.9 Å². The molecule has 1 aromatic carbocycles. The Morgan fingerprint density at radius 3 is 2.38 bits per heavy atom. The van der Waals surface area contributed by atoms with Gasteiger partial charge in [-0.05, 0) is 56.6 Å². The number of hydrogen-bond donors (Lipinski definition) is 1. The monoisotopic (exact) mass is 401 g/mol. The molecule has 1 atom stereocenters. The van der Waals surface area contributed by atoms with Crippen LogP contribution in [0.25, 0.3) is 0 Å². The molecule has 1 fully saturated rings. The van der Waals surface area contributed by atoms with E-state index in [-0.39, 0.29) is 5.91 Å². The molecule has 0 bridgehead atoms. The van der Waals surface area contributed by atoms with Gasteiger partial charge in [-0.15, -0.1) is 0 Å². The van der Waals surface area contributed by atoms with Gasteiger partial charge in [0.05, 0.1) is 11.9 Å². The van der Waals surface area contributed by atoms with Gasteiger partial charge in [0.2, 0.25) is 15.9 Å². The summed E-state index contributed by atoms with van der Waals surface area (Å²) >= 11 is 5.90. The molecule has 2 rings (SSSR count). The van der Waals surface area contributed by atoms with Crippen LogP contribution in [0.5, 0.6) is 0 Å². The fourth-order valence-corrected chi connectivity index (χ4v) is 4.62. The van der Waals surface area contributed by atoms with E-state index >= 15 is 0 Å². The lowest BCUT2D eigenvalue weighted by molar-refractivity contribution is -0.122. The fraction of sp³-hybridized carbons (Fsp3) is 0.611. The number of halogens is 1. The Morgan fingerprint density at radius 1 is 1.23 bits per heavy atom. The minimum absolute atomic E-state index is 0.273. The third-order valence-corrected chi connectivity index (χ3v) is 6.02. The molecule has 0 saturated carbocycles. The van der Waals surface area contributed by atoms with Crippen LogP contribution in [0.2, 0.25) is 5.02 Å². The van der Waals surface area contributed by atoms with Gasteiger partial charge in [0, 0.05) is 18.1 Å². The summed E-state index contributed by atoms with van der Waals surface area (Å²) in [4.78, 5) is 15.0. The normalized spacial score (nSPS) is 16.9. The van der Waals surface area contributed by atoms with Gasteiger partial charge in [-0.2, -0.15) is 0 Å². The topological polar surface area (TPSA) is 69.7 Å². The summed E-state index contributed by atoms with van der Waals surface area (Å²) < 4.78 is 25.9. The van der Waals surface area contributed by atoms with E-state index in [9.17, 15) is 13.2 Å². The predicted octanol–water partition coefficient (Wildman–Crippen LogP) is 2.49. The zero-order chi connectivity index (χ0) is 19.2. The average molecular weight is 402 g/mol. The van der Waals surface area contributed by atoms with Gasteiger partial charge < -0.3 is 10.2 Å². The van der Waals surface area contributed by atoms with Gasteiger partial charge in [0.25, 0.3) is 0 Å². The molecule has 0 aliphatic carbocycles. The third kappa shape index (κ3) is 5.86. The predicted molar refractivity (Wildman–Crippen MR) is 106 cm³/mol. The van der Waals surface area contributed by atoms with E-state index in [2.05, 4.69) is 10.2 Å². The number of amides is 1. The van der Waals surface area contributed by atoms with Crippen LogP contribution in [0.1, 0.15) is 32.6 Å².